The van der Waals surface area contributed by atoms with Crippen molar-refractivity contribution < 1.29 is 37.0 Å². The van der Waals surface area contributed by atoms with Crippen LogP contribution in [-0.2, 0) is 22.6 Å². The lowest BCUT2D eigenvalue weighted by Gasteiger charge is -2.23. The summed E-state index contributed by atoms with van der Waals surface area (Å²) in [4.78, 5) is 38.7. The maximum absolute atomic E-state index is 13.2. The first-order chi connectivity index (χ1) is 16.7. The summed E-state index contributed by atoms with van der Waals surface area (Å²) in [7, 11) is 1.40. The second kappa shape index (κ2) is 8.97. The summed E-state index contributed by atoms with van der Waals surface area (Å²) in [5.41, 5.74) is -1.02. The van der Waals surface area contributed by atoms with Crippen LogP contribution in [0, 0.1) is 0 Å². The number of benzene rings is 1. The zero-order valence-corrected chi connectivity index (χ0v) is 20.3. The Morgan fingerprint density at radius 3 is 2.61 bits per heavy atom. The first-order valence-electron chi connectivity index (χ1n) is 10.5. The van der Waals surface area contributed by atoms with Crippen LogP contribution in [0.5, 0.6) is 11.5 Å². The monoisotopic (exact) mass is 526 g/mol. The average molecular weight is 527 g/mol. The van der Waals surface area contributed by atoms with Crippen LogP contribution in [0.4, 0.5) is 19.5 Å². The number of amides is 2. The molecule has 4 rings (SSSR count). The molecule has 2 amide bonds. The molecule has 0 bridgehead atoms. The lowest BCUT2D eigenvalue weighted by atomic mass is 10.2. The van der Waals surface area contributed by atoms with Crippen molar-refractivity contribution in [2.24, 2.45) is 0 Å². The van der Waals surface area contributed by atoms with Crippen LogP contribution >= 0.6 is 11.6 Å². The third-order valence-electron chi connectivity index (χ3n) is 4.83. The van der Waals surface area contributed by atoms with Crippen LogP contribution in [0.15, 0.2) is 33.5 Å². The molecule has 11 nitrogen and oxygen atoms in total. The summed E-state index contributed by atoms with van der Waals surface area (Å²) in [5.74, 6) is -0.882. The van der Waals surface area contributed by atoms with Gasteiger partial charge < -0.3 is 23.9 Å². The van der Waals surface area contributed by atoms with E-state index in [1.54, 1.807) is 20.8 Å². The van der Waals surface area contributed by atoms with E-state index >= 15 is 0 Å². The van der Waals surface area contributed by atoms with Gasteiger partial charge in [-0.1, -0.05) is 17.7 Å². The van der Waals surface area contributed by atoms with E-state index in [1.807, 2.05) is 0 Å². The van der Waals surface area contributed by atoms with Gasteiger partial charge in [-0.2, -0.15) is 5.10 Å². The van der Waals surface area contributed by atoms with Crippen LogP contribution in [0.25, 0.3) is 11.0 Å². The molecule has 1 aliphatic heterocycles. The Labute approximate surface area is 207 Å². The second-order valence-corrected chi connectivity index (χ2v) is 9.20. The number of hydrogen-bond donors (Lipinski definition) is 1. The molecule has 192 valence electrons. The van der Waals surface area contributed by atoms with Gasteiger partial charge in [0.15, 0.2) is 22.2 Å². The lowest BCUT2D eigenvalue weighted by Crippen LogP contribution is -2.34. The Kier molecular flexibility index (Phi) is 6.29. The molecule has 2 aromatic heterocycles. The Balaban J connectivity index is 1.47. The standard InChI is InChI=1S/C22H21ClF2N4O7/c1-21(2,3)36-20(32)28(4)16-8-12-17(33-16)18(23)27-29(19(12)31)10-15(30)26-9-11-5-6-13-14(7-11)35-22(24,25)34-13/h5-8H,9-10H2,1-4H3,(H,26,30). The van der Waals surface area contributed by atoms with Crippen molar-refractivity contribution in [2.45, 2.75) is 45.8 Å². The fourth-order valence-electron chi connectivity index (χ4n) is 3.21. The summed E-state index contributed by atoms with van der Waals surface area (Å²) in [6.07, 6.45) is -4.46. The minimum absolute atomic E-state index is 0.00404. The number of halogens is 3. The van der Waals surface area contributed by atoms with Gasteiger partial charge in [-0.05, 0) is 38.5 Å². The molecular weight excluding hydrogens is 506 g/mol. The summed E-state index contributed by atoms with van der Waals surface area (Å²) < 4.78 is 46.7. The molecule has 0 aliphatic carbocycles. The number of carbonyl (C=O) groups excluding carboxylic acids is 2. The lowest BCUT2D eigenvalue weighted by molar-refractivity contribution is -0.286. The summed E-state index contributed by atoms with van der Waals surface area (Å²) in [6, 6.07) is 5.37. The fourth-order valence-corrected chi connectivity index (χ4v) is 3.45. The third kappa shape index (κ3) is 5.35. The predicted molar refractivity (Wildman–Crippen MR) is 122 cm³/mol. The van der Waals surface area contributed by atoms with E-state index in [4.69, 9.17) is 20.8 Å². The normalized spacial score (nSPS) is 14.1. The first kappa shape index (κ1) is 25.2. The van der Waals surface area contributed by atoms with Crippen LogP contribution in [0.2, 0.25) is 5.15 Å². The molecule has 3 heterocycles. The molecule has 0 radical (unpaired) electrons. The molecule has 1 aromatic carbocycles. The molecule has 0 atom stereocenters. The zero-order chi connectivity index (χ0) is 26.4. The predicted octanol–water partition coefficient (Wildman–Crippen LogP) is 3.65. The molecule has 1 aliphatic rings. The second-order valence-electron chi connectivity index (χ2n) is 8.85. The number of aromatic nitrogens is 2. The van der Waals surface area contributed by atoms with Crippen molar-refractivity contribution in [2.75, 3.05) is 11.9 Å². The number of ether oxygens (including phenoxy) is 3. The van der Waals surface area contributed by atoms with Crippen molar-refractivity contribution in [1.29, 1.82) is 0 Å². The number of rotatable bonds is 5. The van der Waals surface area contributed by atoms with Crippen molar-refractivity contribution in [3.63, 3.8) is 0 Å². The number of carbonyl (C=O) groups is 2. The zero-order valence-electron chi connectivity index (χ0n) is 19.6. The van der Waals surface area contributed by atoms with Gasteiger partial charge in [0.2, 0.25) is 11.8 Å². The SMILES string of the molecule is CN(C(=O)OC(C)(C)C)c1cc2c(=O)n(CC(=O)NCc3ccc4c(c3)OC(F)(F)O4)nc(Cl)c2o1. The molecule has 3 aromatic rings. The molecule has 0 saturated carbocycles. The molecule has 0 saturated heterocycles. The van der Waals surface area contributed by atoms with E-state index in [0.717, 1.165) is 9.58 Å². The van der Waals surface area contributed by atoms with Crippen molar-refractivity contribution in [3.8, 4) is 11.5 Å². The van der Waals surface area contributed by atoms with Gasteiger partial charge in [-0.3, -0.25) is 14.5 Å². The van der Waals surface area contributed by atoms with Crippen molar-refractivity contribution in [1.82, 2.24) is 15.1 Å². The van der Waals surface area contributed by atoms with Crippen LogP contribution < -0.4 is 25.2 Å². The van der Waals surface area contributed by atoms with E-state index in [-0.39, 0.29) is 40.1 Å². The highest BCUT2D eigenvalue weighted by Crippen LogP contribution is 2.41. The number of hydrogen-bond acceptors (Lipinski definition) is 8. The highest BCUT2D eigenvalue weighted by atomic mass is 35.5. The van der Waals surface area contributed by atoms with Crippen LogP contribution in [0.1, 0.15) is 26.3 Å². The molecule has 14 heteroatoms. The Morgan fingerprint density at radius 2 is 1.92 bits per heavy atom. The number of fused-ring (bicyclic) bond motifs is 2. The molecule has 0 unspecified atom stereocenters. The van der Waals surface area contributed by atoms with E-state index in [9.17, 15) is 23.2 Å². The fraction of sp³-hybridized carbons (Fsp3) is 0.364. The maximum Gasteiger partial charge on any atom is 0.586 e. The third-order valence-corrected chi connectivity index (χ3v) is 5.07. The largest absolute Gasteiger partial charge is 0.586 e. The van der Waals surface area contributed by atoms with Gasteiger partial charge in [-0.25, -0.2) is 9.48 Å². The molecule has 0 fully saturated rings. The summed E-state index contributed by atoms with van der Waals surface area (Å²) >= 11 is 6.15. The highest BCUT2D eigenvalue weighted by Gasteiger charge is 2.43. The number of furan rings is 1. The number of nitrogens with zero attached hydrogens (tertiary/aromatic N) is 3. The number of alkyl halides is 2. The van der Waals surface area contributed by atoms with Gasteiger partial charge >= 0.3 is 12.4 Å². The van der Waals surface area contributed by atoms with Gasteiger partial charge in [0.05, 0.1) is 5.39 Å². The number of nitrogens with one attached hydrogen (secondary N) is 1. The average Bonchev–Trinajstić information content (AvgIpc) is 3.34. The van der Waals surface area contributed by atoms with Crippen LogP contribution in [0.3, 0.4) is 0 Å². The summed E-state index contributed by atoms with van der Waals surface area (Å²) in [6.45, 7) is 4.58. The van der Waals surface area contributed by atoms with Gasteiger partial charge in [0.25, 0.3) is 5.56 Å². The van der Waals surface area contributed by atoms with Crippen molar-refractivity contribution in [3.05, 3.63) is 45.3 Å². The van der Waals surface area contributed by atoms with Crippen molar-refractivity contribution >= 4 is 40.5 Å². The van der Waals surface area contributed by atoms with Gasteiger partial charge in [-0.15, -0.1) is 8.78 Å². The summed E-state index contributed by atoms with van der Waals surface area (Å²) in [5, 5.41) is 6.26. The van der Waals surface area contributed by atoms with E-state index in [0.29, 0.717) is 5.56 Å². The molecule has 36 heavy (non-hydrogen) atoms. The molecule has 0 spiro atoms. The molecule has 1 N–H and O–H groups in total. The minimum atomic E-state index is -3.75. The quantitative estimate of drug-likeness (QED) is 0.534. The van der Waals surface area contributed by atoms with E-state index < -0.39 is 36.0 Å². The Morgan fingerprint density at radius 1 is 1.22 bits per heavy atom. The smallest absolute Gasteiger partial charge is 0.443 e. The van der Waals surface area contributed by atoms with E-state index in [2.05, 4.69) is 19.9 Å². The minimum Gasteiger partial charge on any atom is -0.443 e. The Bertz CT molecular complexity index is 1410. The maximum atomic E-state index is 13.2. The van der Waals surface area contributed by atoms with Crippen LogP contribution in [-0.4, -0.2) is 40.7 Å². The molecular formula is C22H21ClF2N4O7. The van der Waals surface area contributed by atoms with Gasteiger partial charge in [0, 0.05) is 19.7 Å². The number of anilines is 1. The highest BCUT2D eigenvalue weighted by molar-refractivity contribution is 6.33. The van der Waals surface area contributed by atoms with E-state index in [1.165, 1.54) is 31.3 Å². The first-order valence-corrected chi connectivity index (χ1v) is 10.9. The van der Waals surface area contributed by atoms with Gasteiger partial charge in [0.1, 0.15) is 12.1 Å². The Hall–Kier alpha value is -3.87. The topological polar surface area (TPSA) is 125 Å².